The first-order valence-corrected chi connectivity index (χ1v) is 18.2. The van der Waals surface area contributed by atoms with Gasteiger partial charge in [-0.3, -0.25) is 0 Å². The minimum absolute atomic E-state index is 0.647. The van der Waals surface area contributed by atoms with Gasteiger partial charge >= 0.3 is 0 Å². The fourth-order valence-electron chi connectivity index (χ4n) is 8.10. The third kappa shape index (κ3) is 4.76. The van der Waals surface area contributed by atoms with Crippen molar-refractivity contribution >= 4 is 54.4 Å². The van der Waals surface area contributed by atoms with Crippen LogP contribution in [0.15, 0.2) is 188 Å². The van der Waals surface area contributed by atoms with Crippen LogP contribution in [0.4, 0.5) is 0 Å². The monoisotopic (exact) mass is 689 g/mol. The number of aromatic nitrogens is 5. The molecule has 0 spiro atoms. The van der Waals surface area contributed by atoms with Crippen molar-refractivity contribution in [2.45, 2.75) is 0 Å². The number of rotatable bonds is 5. The highest BCUT2D eigenvalue weighted by Gasteiger charge is 2.19. The fourth-order valence-corrected chi connectivity index (χ4v) is 8.10. The Balaban J connectivity index is 1.13. The van der Waals surface area contributed by atoms with Gasteiger partial charge in [-0.15, -0.1) is 0 Å². The highest BCUT2D eigenvalue weighted by Crippen LogP contribution is 2.40. The van der Waals surface area contributed by atoms with Crippen molar-refractivity contribution in [1.29, 1.82) is 0 Å². The Morgan fingerprint density at radius 2 is 0.815 bits per heavy atom. The normalized spacial score (nSPS) is 11.7. The molecule has 0 saturated heterocycles. The molecular formula is C49H31N5. The van der Waals surface area contributed by atoms with Crippen molar-refractivity contribution in [2.75, 3.05) is 0 Å². The Hall–Kier alpha value is -7.37. The number of fused-ring (bicyclic) bond motifs is 7. The van der Waals surface area contributed by atoms with Gasteiger partial charge in [-0.1, -0.05) is 140 Å². The molecule has 3 heterocycles. The summed E-state index contributed by atoms with van der Waals surface area (Å²) < 4.78 is 4.80. The Kier molecular flexibility index (Phi) is 6.79. The number of hydrogen-bond donors (Lipinski definition) is 0. The molecule has 5 nitrogen and oxygen atoms in total. The number of nitrogens with zero attached hydrogens (tertiary/aromatic N) is 5. The van der Waals surface area contributed by atoms with E-state index in [-0.39, 0.29) is 0 Å². The molecule has 11 rings (SSSR count). The van der Waals surface area contributed by atoms with Crippen molar-refractivity contribution in [3.63, 3.8) is 0 Å². The molecule has 5 heteroatoms. The molecule has 3 aromatic heterocycles. The number of hydrogen-bond acceptors (Lipinski definition) is 3. The van der Waals surface area contributed by atoms with E-state index in [0.717, 1.165) is 44.4 Å². The maximum absolute atomic E-state index is 5.05. The molecule has 0 unspecified atom stereocenters. The predicted octanol–water partition coefficient (Wildman–Crippen LogP) is 12.2. The summed E-state index contributed by atoms with van der Waals surface area (Å²) in [5.74, 6) is 1.95. The van der Waals surface area contributed by atoms with Crippen LogP contribution in [0.25, 0.3) is 99.9 Å². The van der Waals surface area contributed by atoms with Gasteiger partial charge < -0.3 is 9.13 Å². The molecule has 54 heavy (non-hydrogen) atoms. The Morgan fingerprint density at radius 1 is 0.296 bits per heavy atom. The van der Waals surface area contributed by atoms with E-state index in [0.29, 0.717) is 17.5 Å². The average molecular weight is 690 g/mol. The molecule has 0 N–H and O–H groups in total. The van der Waals surface area contributed by atoms with Crippen molar-refractivity contribution in [1.82, 2.24) is 24.1 Å². The molecule has 8 aromatic carbocycles. The molecule has 0 saturated carbocycles. The SMILES string of the molecule is c1ccc(-c2nc(-c3ccccc3)nc(-c3cccc4cc(-n5c6ccccc6c6cc7c8ccccc8n(-c8ccccc8)c7cc65)ccc34)n2)cc1. The third-order valence-corrected chi connectivity index (χ3v) is 10.5. The van der Waals surface area contributed by atoms with Gasteiger partial charge in [-0.25, -0.2) is 15.0 Å². The minimum Gasteiger partial charge on any atom is -0.309 e. The van der Waals surface area contributed by atoms with Gasteiger partial charge in [-0.2, -0.15) is 0 Å². The fraction of sp³-hybridized carbons (Fsp3) is 0. The summed E-state index contributed by atoms with van der Waals surface area (Å²) in [6, 6.07) is 66.3. The molecular weight excluding hydrogens is 659 g/mol. The van der Waals surface area contributed by atoms with Gasteiger partial charge in [0.2, 0.25) is 0 Å². The predicted molar refractivity (Wildman–Crippen MR) is 222 cm³/mol. The van der Waals surface area contributed by atoms with Crippen LogP contribution in [0.3, 0.4) is 0 Å². The molecule has 252 valence electrons. The zero-order valence-corrected chi connectivity index (χ0v) is 29.1. The molecule has 0 aliphatic heterocycles. The number of para-hydroxylation sites is 3. The van der Waals surface area contributed by atoms with Gasteiger partial charge in [-0.05, 0) is 59.3 Å². The summed E-state index contributed by atoms with van der Waals surface area (Å²) in [4.78, 5) is 15.0. The minimum atomic E-state index is 0.647. The lowest BCUT2D eigenvalue weighted by atomic mass is 10.0. The van der Waals surface area contributed by atoms with E-state index in [1.807, 2.05) is 60.7 Å². The van der Waals surface area contributed by atoms with Gasteiger partial charge in [0, 0.05) is 49.6 Å². The van der Waals surface area contributed by atoms with Crippen molar-refractivity contribution in [3.8, 4) is 45.5 Å². The van der Waals surface area contributed by atoms with Gasteiger partial charge in [0.1, 0.15) is 0 Å². The van der Waals surface area contributed by atoms with Crippen LogP contribution >= 0.6 is 0 Å². The van der Waals surface area contributed by atoms with Crippen LogP contribution in [0.1, 0.15) is 0 Å². The second-order valence-electron chi connectivity index (χ2n) is 13.7. The van der Waals surface area contributed by atoms with Gasteiger partial charge in [0.05, 0.1) is 22.1 Å². The molecule has 0 atom stereocenters. The molecule has 0 aliphatic carbocycles. The highest BCUT2D eigenvalue weighted by atomic mass is 15.0. The Labute approximate surface area is 311 Å². The summed E-state index contributed by atoms with van der Waals surface area (Å²) in [6.07, 6.45) is 0. The van der Waals surface area contributed by atoms with E-state index in [9.17, 15) is 0 Å². The first-order chi connectivity index (χ1) is 26.8. The largest absolute Gasteiger partial charge is 0.309 e. The lowest BCUT2D eigenvalue weighted by molar-refractivity contribution is 1.08. The van der Waals surface area contributed by atoms with Gasteiger partial charge in [0.25, 0.3) is 0 Å². The van der Waals surface area contributed by atoms with Crippen molar-refractivity contribution < 1.29 is 0 Å². The summed E-state index contributed by atoms with van der Waals surface area (Å²) in [5, 5.41) is 7.14. The first kappa shape index (κ1) is 30.3. The second-order valence-corrected chi connectivity index (χ2v) is 13.7. The van der Waals surface area contributed by atoms with Crippen LogP contribution in [-0.4, -0.2) is 24.1 Å². The van der Waals surface area contributed by atoms with E-state index in [4.69, 9.17) is 15.0 Å². The van der Waals surface area contributed by atoms with E-state index in [2.05, 4.69) is 137 Å². The highest BCUT2D eigenvalue weighted by molar-refractivity contribution is 6.19. The maximum atomic E-state index is 5.05. The molecule has 0 amide bonds. The second kappa shape index (κ2) is 12.1. The average Bonchev–Trinajstić information content (AvgIpc) is 3.75. The third-order valence-electron chi connectivity index (χ3n) is 10.5. The van der Waals surface area contributed by atoms with Crippen LogP contribution < -0.4 is 0 Å². The zero-order valence-electron chi connectivity index (χ0n) is 29.1. The molecule has 0 radical (unpaired) electrons. The maximum Gasteiger partial charge on any atom is 0.164 e. The van der Waals surface area contributed by atoms with Crippen LogP contribution in [0.2, 0.25) is 0 Å². The Morgan fingerprint density at radius 3 is 1.43 bits per heavy atom. The summed E-state index contributed by atoms with van der Waals surface area (Å²) >= 11 is 0. The summed E-state index contributed by atoms with van der Waals surface area (Å²) in [6.45, 7) is 0. The first-order valence-electron chi connectivity index (χ1n) is 18.2. The van der Waals surface area contributed by atoms with Crippen LogP contribution in [0, 0.1) is 0 Å². The van der Waals surface area contributed by atoms with Gasteiger partial charge in [0.15, 0.2) is 17.5 Å². The summed E-state index contributed by atoms with van der Waals surface area (Å²) in [5.41, 5.74) is 9.82. The van der Waals surface area contributed by atoms with Crippen molar-refractivity contribution in [2.24, 2.45) is 0 Å². The quantitative estimate of drug-likeness (QED) is 0.181. The molecule has 0 aliphatic rings. The van der Waals surface area contributed by atoms with E-state index < -0.39 is 0 Å². The van der Waals surface area contributed by atoms with E-state index in [1.165, 1.54) is 38.1 Å². The number of benzene rings is 8. The topological polar surface area (TPSA) is 48.5 Å². The summed E-state index contributed by atoms with van der Waals surface area (Å²) in [7, 11) is 0. The zero-order chi connectivity index (χ0) is 35.6. The van der Waals surface area contributed by atoms with Crippen LogP contribution in [0.5, 0.6) is 0 Å². The molecule has 11 aromatic rings. The smallest absolute Gasteiger partial charge is 0.164 e. The molecule has 0 bridgehead atoms. The lowest BCUT2D eigenvalue weighted by Gasteiger charge is -2.13. The standard InChI is InChI=1S/C49H31N5/c1-4-15-32(16-5-1)47-50-48(33-17-6-2-7-18-33)52-49(51-47)40-24-14-19-34-29-36(27-28-37(34)40)54-44-26-13-11-23-39(44)42-30-41-38-22-10-12-25-43(38)53(45(41)31-46(42)54)35-20-8-3-9-21-35/h1-31H. The van der Waals surface area contributed by atoms with E-state index >= 15 is 0 Å². The van der Waals surface area contributed by atoms with E-state index in [1.54, 1.807) is 0 Å². The van der Waals surface area contributed by atoms with Crippen LogP contribution in [-0.2, 0) is 0 Å². The Bertz CT molecular complexity index is 3140. The van der Waals surface area contributed by atoms with Crippen molar-refractivity contribution in [3.05, 3.63) is 188 Å². The molecule has 0 fully saturated rings. The lowest BCUT2D eigenvalue weighted by Crippen LogP contribution is -2.00.